The molecule has 2 aromatic heterocycles. The minimum Gasteiger partial charge on any atom is -0.410 e. The van der Waals surface area contributed by atoms with Crippen LogP contribution in [0.25, 0.3) is 11.6 Å². The van der Waals surface area contributed by atoms with Crippen LogP contribution in [0.15, 0.2) is 28.0 Å². The van der Waals surface area contributed by atoms with Crippen molar-refractivity contribution >= 4 is 29.6 Å². The van der Waals surface area contributed by atoms with Gasteiger partial charge in [-0.05, 0) is 25.5 Å². The molecule has 25 heavy (non-hydrogen) atoms. The van der Waals surface area contributed by atoms with E-state index in [2.05, 4.69) is 25.9 Å². The lowest BCUT2D eigenvalue weighted by atomic mass is 10.00. The van der Waals surface area contributed by atoms with Crippen molar-refractivity contribution in [3.05, 3.63) is 18.3 Å². The first-order valence-corrected chi connectivity index (χ1v) is 8.48. The molecule has 3 rings (SSSR count). The quantitative estimate of drug-likeness (QED) is 0.512. The molecule has 0 spiro atoms. The highest BCUT2D eigenvalue weighted by Crippen LogP contribution is 2.22. The number of aromatic amines is 1. The number of carbonyl (C=O) groups is 3. The number of thioether (sulfide) groups is 1. The zero-order chi connectivity index (χ0) is 18.0. The van der Waals surface area contributed by atoms with E-state index in [1.165, 1.54) is 0 Å². The molecular formula is C14H16N6O4S. The molecule has 3 N–H and O–H groups in total. The molecule has 0 saturated carbocycles. The number of hydrazine groups is 1. The smallest absolute Gasteiger partial charge is 0.344 e. The summed E-state index contributed by atoms with van der Waals surface area (Å²) in [6.07, 6.45) is 2.14. The molecule has 0 aliphatic carbocycles. The van der Waals surface area contributed by atoms with E-state index < -0.39 is 23.4 Å². The number of nitrogens with zero attached hydrogens (tertiary/aromatic N) is 3. The van der Waals surface area contributed by atoms with E-state index in [4.69, 9.17) is 4.42 Å². The highest BCUT2D eigenvalue weighted by Gasteiger charge is 2.47. The van der Waals surface area contributed by atoms with Crippen LogP contribution in [0.2, 0.25) is 0 Å². The molecule has 1 fully saturated rings. The number of hydrogen-bond acceptors (Lipinski definition) is 7. The Morgan fingerprint density at radius 1 is 1.44 bits per heavy atom. The lowest BCUT2D eigenvalue weighted by Crippen LogP contribution is -2.49. The minimum atomic E-state index is -1.01. The fourth-order valence-electron chi connectivity index (χ4n) is 2.15. The third-order valence-corrected chi connectivity index (χ3v) is 4.58. The molecule has 11 heteroatoms. The van der Waals surface area contributed by atoms with Crippen LogP contribution in [-0.4, -0.2) is 49.3 Å². The van der Waals surface area contributed by atoms with Gasteiger partial charge in [0.1, 0.15) is 11.2 Å². The highest BCUT2D eigenvalue weighted by atomic mass is 32.2. The van der Waals surface area contributed by atoms with Crippen molar-refractivity contribution in [3.63, 3.8) is 0 Å². The van der Waals surface area contributed by atoms with Gasteiger partial charge in [-0.1, -0.05) is 18.7 Å². The Hall–Kier alpha value is -2.82. The molecule has 1 aliphatic rings. The van der Waals surface area contributed by atoms with Crippen molar-refractivity contribution in [2.45, 2.75) is 31.0 Å². The number of rotatable bonds is 6. The first-order valence-electron chi connectivity index (χ1n) is 7.49. The molecular weight excluding hydrogens is 348 g/mol. The fourth-order valence-corrected chi connectivity index (χ4v) is 2.71. The van der Waals surface area contributed by atoms with Crippen molar-refractivity contribution < 1.29 is 18.8 Å². The first-order chi connectivity index (χ1) is 11.9. The monoisotopic (exact) mass is 364 g/mol. The topological polar surface area (TPSA) is 133 Å². The number of H-pyrrole nitrogens is 1. The average molecular weight is 364 g/mol. The third-order valence-electron chi connectivity index (χ3n) is 3.77. The van der Waals surface area contributed by atoms with E-state index in [0.29, 0.717) is 23.0 Å². The Labute approximate surface area is 146 Å². The predicted molar refractivity (Wildman–Crippen MR) is 87.0 cm³/mol. The fraction of sp³-hybridized carbons (Fsp3) is 0.357. The summed E-state index contributed by atoms with van der Waals surface area (Å²) in [6, 6.07) is 2.92. The van der Waals surface area contributed by atoms with Gasteiger partial charge in [0.2, 0.25) is 5.91 Å². The van der Waals surface area contributed by atoms with Gasteiger partial charge < -0.3 is 14.7 Å². The van der Waals surface area contributed by atoms with Crippen LogP contribution in [0.4, 0.5) is 4.79 Å². The largest absolute Gasteiger partial charge is 0.410 e. The average Bonchev–Trinajstić information content (AvgIpc) is 3.30. The maximum Gasteiger partial charge on any atom is 0.344 e. The van der Waals surface area contributed by atoms with Crippen LogP contribution < -0.4 is 10.7 Å². The first kappa shape index (κ1) is 17.0. The van der Waals surface area contributed by atoms with Gasteiger partial charge >= 0.3 is 6.03 Å². The van der Waals surface area contributed by atoms with Crippen molar-refractivity contribution in [3.8, 4) is 11.6 Å². The molecule has 0 bridgehead atoms. The zero-order valence-electron chi connectivity index (χ0n) is 13.5. The predicted octanol–water partition coefficient (Wildman–Crippen LogP) is 0.908. The van der Waals surface area contributed by atoms with Crippen LogP contribution in [0.5, 0.6) is 0 Å². The van der Waals surface area contributed by atoms with Gasteiger partial charge in [0.25, 0.3) is 17.0 Å². The molecule has 1 aliphatic heterocycles. The Morgan fingerprint density at radius 3 is 2.88 bits per heavy atom. The summed E-state index contributed by atoms with van der Waals surface area (Å²) >= 11 is 1.00. The zero-order valence-corrected chi connectivity index (χ0v) is 14.3. The van der Waals surface area contributed by atoms with Gasteiger partial charge in [0.05, 0.1) is 5.75 Å². The molecule has 0 aromatic carbocycles. The number of urea groups is 1. The molecule has 1 saturated heterocycles. The molecule has 132 valence electrons. The van der Waals surface area contributed by atoms with Gasteiger partial charge in [-0.25, -0.2) is 4.79 Å². The second-order valence-corrected chi connectivity index (χ2v) is 6.46. The Kier molecular flexibility index (Phi) is 4.49. The number of hydrogen-bond donors (Lipinski definition) is 3. The summed E-state index contributed by atoms with van der Waals surface area (Å²) < 4.78 is 5.41. The van der Waals surface area contributed by atoms with E-state index in [1.54, 1.807) is 32.2 Å². The van der Waals surface area contributed by atoms with E-state index in [1.807, 2.05) is 0 Å². The lowest BCUT2D eigenvalue weighted by Gasteiger charge is -2.19. The van der Waals surface area contributed by atoms with Crippen molar-refractivity contribution in [2.75, 3.05) is 5.75 Å². The van der Waals surface area contributed by atoms with Crippen LogP contribution in [0, 0.1) is 0 Å². The van der Waals surface area contributed by atoms with Crippen LogP contribution in [0.1, 0.15) is 20.3 Å². The van der Waals surface area contributed by atoms with Crippen molar-refractivity contribution in [1.29, 1.82) is 0 Å². The summed E-state index contributed by atoms with van der Waals surface area (Å²) in [5.74, 6) is -0.814. The van der Waals surface area contributed by atoms with E-state index >= 15 is 0 Å². The number of carbonyl (C=O) groups excluding carboxylic acids is 3. The Bertz CT molecular complexity index is 804. The van der Waals surface area contributed by atoms with E-state index in [0.717, 1.165) is 11.8 Å². The van der Waals surface area contributed by atoms with Crippen molar-refractivity contribution in [2.24, 2.45) is 0 Å². The number of imide groups is 1. The number of aromatic nitrogens is 3. The lowest BCUT2D eigenvalue weighted by molar-refractivity contribution is -0.137. The third kappa shape index (κ3) is 3.36. The van der Waals surface area contributed by atoms with Gasteiger partial charge in [-0.15, -0.1) is 10.2 Å². The van der Waals surface area contributed by atoms with Crippen LogP contribution in [-0.2, 0) is 9.59 Å². The SMILES string of the molecule is CC[C@]1(C)NC(=O)N(NC(=O)CSc2nnc(-c3ccc[nH]3)o2)C1=O. The molecule has 4 amide bonds. The van der Waals surface area contributed by atoms with Crippen molar-refractivity contribution in [1.82, 2.24) is 30.9 Å². The van der Waals surface area contributed by atoms with Crippen LogP contribution in [0.3, 0.4) is 0 Å². The molecule has 2 aromatic rings. The van der Waals surface area contributed by atoms with Gasteiger partial charge in [0.15, 0.2) is 0 Å². The summed E-state index contributed by atoms with van der Waals surface area (Å²) in [5, 5.41) is 11.1. The van der Waals surface area contributed by atoms with Gasteiger partial charge in [-0.3, -0.25) is 15.0 Å². The van der Waals surface area contributed by atoms with E-state index in [9.17, 15) is 14.4 Å². The number of nitrogens with one attached hydrogen (secondary N) is 3. The maximum absolute atomic E-state index is 12.2. The molecule has 10 nitrogen and oxygen atoms in total. The second kappa shape index (κ2) is 6.59. The molecule has 0 radical (unpaired) electrons. The summed E-state index contributed by atoms with van der Waals surface area (Å²) in [4.78, 5) is 38.9. The summed E-state index contributed by atoms with van der Waals surface area (Å²) in [7, 11) is 0. The molecule has 3 heterocycles. The number of amides is 4. The Balaban J connectivity index is 1.55. The Morgan fingerprint density at radius 2 is 2.24 bits per heavy atom. The maximum atomic E-state index is 12.2. The highest BCUT2D eigenvalue weighted by molar-refractivity contribution is 7.99. The normalized spacial score (nSPS) is 20.0. The van der Waals surface area contributed by atoms with Gasteiger partial charge in [0, 0.05) is 6.20 Å². The summed E-state index contributed by atoms with van der Waals surface area (Å²) in [5.41, 5.74) is 1.95. The van der Waals surface area contributed by atoms with E-state index in [-0.39, 0.29) is 11.0 Å². The standard InChI is InChI=1S/C14H16N6O4S/c1-3-14(2)11(22)20(12(23)16-14)19-9(21)7-25-13-18-17-10(24-13)8-5-4-6-15-8/h4-6,15H,3,7H2,1-2H3,(H,16,23)(H,19,21)/t14-/m0/s1. The minimum absolute atomic E-state index is 0.0910. The summed E-state index contributed by atoms with van der Waals surface area (Å²) in [6.45, 7) is 3.38. The van der Waals surface area contributed by atoms with Gasteiger partial charge in [-0.2, -0.15) is 5.01 Å². The van der Waals surface area contributed by atoms with Crippen LogP contribution >= 0.6 is 11.8 Å². The molecule has 0 unspecified atom stereocenters. The molecule has 1 atom stereocenters. The second-order valence-electron chi connectivity index (χ2n) is 5.54.